The largest absolute Gasteiger partial charge is 1.00 e. The Morgan fingerprint density at radius 1 is 0.718 bits per heavy atom. The quantitative estimate of drug-likeness (QED) is 0.0700. The average molecular weight is 573 g/mol. The summed E-state index contributed by atoms with van der Waals surface area (Å²) >= 11 is 0. The van der Waals surface area contributed by atoms with E-state index in [1.807, 2.05) is 0 Å². The molecule has 0 bridgehead atoms. The smallest absolute Gasteiger partial charge is 0.744 e. The average Bonchev–Trinajstić information content (AvgIpc) is 2.89. The number of esters is 2. The van der Waals surface area contributed by atoms with E-state index in [4.69, 9.17) is 9.47 Å². The first-order valence-corrected chi connectivity index (χ1v) is 15.5. The van der Waals surface area contributed by atoms with Crippen LogP contribution in [-0.2, 0) is 19.6 Å². The van der Waals surface area contributed by atoms with Crippen molar-refractivity contribution in [1.29, 1.82) is 0 Å². The second-order valence-electron chi connectivity index (χ2n) is 9.28. The van der Waals surface area contributed by atoms with Gasteiger partial charge in [0.15, 0.2) is 0 Å². The van der Waals surface area contributed by atoms with Crippen molar-refractivity contribution in [3.63, 3.8) is 0 Å². The molecule has 1 aromatic rings. The molecule has 0 saturated carbocycles. The third-order valence-corrected chi connectivity index (χ3v) is 6.90. The molecular formula is C30H45NaO7S. The van der Waals surface area contributed by atoms with E-state index >= 15 is 0 Å². The van der Waals surface area contributed by atoms with Crippen LogP contribution in [0.1, 0.15) is 124 Å². The van der Waals surface area contributed by atoms with Crippen molar-refractivity contribution in [3.05, 3.63) is 53.6 Å². The van der Waals surface area contributed by atoms with Crippen molar-refractivity contribution in [2.45, 2.75) is 109 Å². The summed E-state index contributed by atoms with van der Waals surface area (Å²) in [6, 6.07) is 3.55. The molecule has 0 aliphatic rings. The number of ether oxygens (including phenoxy) is 2. The molecule has 0 fully saturated rings. The first-order valence-electron chi connectivity index (χ1n) is 14.1. The maximum Gasteiger partial charge on any atom is 1.00 e. The van der Waals surface area contributed by atoms with Crippen LogP contribution in [0.15, 0.2) is 47.4 Å². The van der Waals surface area contributed by atoms with Crippen molar-refractivity contribution >= 4 is 22.1 Å². The topological polar surface area (TPSA) is 110 Å². The summed E-state index contributed by atoms with van der Waals surface area (Å²) in [5.74, 6) is -1.85. The minimum absolute atomic E-state index is 0. The van der Waals surface area contributed by atoms with E-state index in [2.05, 4.69) is 38.2 Å². The summed E-state index contributed by atoms with van der Waals surface area (Å²) in [6.45, 7) is 4.43. The molecule has 0 amide bonds. The fourth-order valence-corrected chi connectivity index (χ4v) is 4.65. The molecule has 0 atom stereocenters. The molecule has 7 nitrogen and oxygen atoms in total. The van der Waals surface area contributed by atoms with Crippen LogP contribution in [-0.4, -0.2) is 38.1 Å². The van der Waals surface area contributed by atoms with E-state index in [9.17, 15) is 22.6 Å². The number of unbranched alkanes of at least 4 members (excludes halogenated alkanes) is 10. The van der Waals surface area contributed by atoms with Gasteiger partial charge >= 0.3 is 41.5 Å². The van der Waals surface area contributed by atoms with E-state index in [0.717, 1.165) is 83.1 Å². The number of carbonyl (C=O) groups is 2. The predicted octanol–water partition coefficient (Wildman–Crippen LogP) is 4.52. The van der Waals surface area contributed by atoms with E-state index in [-0.39, 0.29) is 48.3 Å². The number of allylic oxidation sites excluding steroid dienone is 4. The van der Waals surface area contributed by atoms with Gasteiger partial charge in [0.05, 0.1) is 29.2 Å². The number of benzene rings is 1. The van der Waals surface area contributed by atoms with Crippen LogP contribution in [0.25, 0.3) is 0 Å². The van der Waals surface area contributed by atoms with Crippen LogP contribution < -0.4 is 29.6 Å². The Balaban J connectivity index is 0.0000144. The van der Waals surface area contributed by atoms with E-state index in [1.165, 1.54) is 12.1 Å². The van der Waals surface area contributed by atoms with E-state index < -0.39 is 32.5 Å². The molecule has 0 aliphatic heterocycles. The van der Waals surface area contributed by atoms with Gasteiger partial charge in [-0.1, -0.05) is 82.7 Å². The van der Waals surface area contributed by atoms with Gasteiger partial charge in [0.2, 0.25) is 0 Å². The number of carbonyl (C=O) groups excluding carboxylic acids is 2. The predicted molar refractivity (Wildman–Crippen MR) is 149 cm³/mol. The van der Waals surface area contributed by atoms with Crippen molar-refractivity contribution in [3.8, 4) is 0 Å². The number of rotatable bonds is 21. The SMILES string of the molecule is CC/C=C/CCCCCCCOC(=O)c1cccc(S(=O)(=O)[O-])c1C(=O)OCCCCCCC/C=C/CC.[Na+]. The Bertz CT molecular complexity index is 987. The van der Waals surface area contributed by atoms with Crippen LogP contribution >= 0.6 is 0 Å². The Hall–Kier alpha value is -1.45. The van der Waals surface area contributed by atoms with Gasteiger partial charge in [-0.3, -0.25) is 0 Å². The monoisotopic (exact) mass is 572 g/mol. The summed E-state index contributed by atoms with van der Waals surface area (Å²) in [7, 11) is -5.00. The first kappa shape index (κ1) is 37.6. The van der Waals surface area contributed by atoms with Gasteiger partial charge in [-0.25, -0.2) is 18.0 Å². The van der Waals surface area contributed by atoms with Crippen LogP contribution in [0.5, 0.6) is 0 Å². The molecule has 0 aliphatic carbocycles. The van der Waals surface area contributed by atoms with Gasteiger partial charge < -0.3 is 14.0 Å². The molecule has 0 aromatic heterocycles. The van der Waals surface area contributed by atoms with Gasteiger partial charge in [0, 0.05) is 0 Å². The number of hydrogen-bond donors (Lipinski definition) is 0. The maximum atomic E-state index is 12.8. The van der Waals surface area contributed by atoms with E-state index in [0.29, 0.717) is 12.8 Å². The summed E-state index contributed by atoms with van der Waals surface area (Å²) in [4.78, 5) is 24.7. The first-order chi connectivity index (χ1) is 18.3. The molecule has 0 spiro atoms. The molecule has 0 heterocycles. The zero-order valence-corrected chi connectivity index (χ0v) is 26.9. The van der Waals surface area contributed by atoms with Gasteiger partial charge in [-0.05, 0) is 63.5 Å². The minimum Gasteiger partial charge on any atom is -0.744 e. The Labute approximate surface area is 257 Å². The fourth-order valence-electron chi connectivity index (χ4n) is 3.96. The summed E-state index contributed by atoms with van der Waals surface area (Å²) in [5, 5.41) is 0. The molecule has 9 heteroatoms. The standard InChI is InChI=1S/C30H46O7S.Na/c1-3-5-7-9-11-13-15-17-19-24-36-29(31)26-22-21-23-27(38(33,34)35)28(26)30(32)37-25-20-18-16-14-12-10-8-6-4-2;/h5-8,21-23H,3-4,9-20,24-25H2,1-2H3,(H,33,34,35);/q;+1/p-1/b7-5+,8-6+;. The number of hydrogen-bond acceptors (Lipinski definition) is 7. The molecule has 39 heavy (non-hydrogen) atoms. The normalized spacial score (nSPS) is 11.6. The third-order valence-electron chi connectivity index (χ3n) is 6.02. The minimum atomic E-state index is -5.00. The van der Waals surface area contributed by atoms with Gasteiger partial charge in [-0.2, -0.15) is 0 Å². The molecule has 0 N–H and O–H groups in total. The summed E-state index contributed by atoms with van der Waals surface area (Å²) in [6.07, 6.45) is 22.3. The molecule has 0 radical (unpaired) electrons. The Morgan fingerprint density at radius 3 is 1.67 bits per heavy atom. The molecule has 214 valence electrons. The summed E-state index contributed by atoms with van der Waals surface area (Å²) < 4.78 is 45.9. The molecule has 0 unspecified atom stereocenters. The fraction of sp³-hybridized carbons (Fsp3) is 0.600. The Morgan fingerprint density at radius 2 is 1.18 bits per heavy atom. The molecule has 0 saturated heterocycles. The van der Waals surface area contributed by atoms with Gasteiger partial charge in [0.1, 0.15) is 10.1 Å². The van der Waals surface area contributed by atoms with Crippen LogP contribution in [0.4, 0.5) is 0 Å². The zero-order chi connectivity index (χ0) is 28.1. The van der Waals surface area contributed by atoms with Crippen molar-refractivity contribution in [2.24, 2.45) is 0 Å². The van der Waals surface area contributed by atoms with Crippen LogP contribution in [0.2, 0.25) is 0 Å². The van der Waals surface area contributed by atoms with Crippen molar-refractivity contribution in [2.75, 3.05) is 13.2 Å². The summed E-state index contributed by atoms with van der Waals surface area (Å²) in [5.41, 5.74) is -0.815. The third kappa shape index (κ3) is 17.1. The van der Waals surface area contributed by atoms with Crippen LogP contribution in [0.3, 0.4) is 0 Å². The van der Waals surface area contributed by atoms with E-state index in [1.54, 1.807) is 0 Å². The van der Waals surface area contributed by atoms with Crippen molar-refractivity contribution in [1.82, 2.24) is 0 Å². The second kappa shape index (κ2) is 23.3. The second-order valence-corrected chi connectivity index (χ2v) is 10.6. The molecule has 1 aromatic carbocycles. The maximum absolute atomic E-state index is 12.8. The van der Waals surface area contributed by atoms with Crippen molar-refractivity contribution < 1.29 is 61.6 Å². The van der Waals surface area contributed by atoms with Gasteiger partial charge in [-0.15, -0.1) is 0 Å². The van der Waals surface area contributed by atoms with Gasteiger partial charge in [0.25, 0.3) is 0 Å². The van der Waals surface area contributed by atoms with Crippen LogP contribution in [0, 0.1) is 0 Å². The molecular weight excluding hydrogens is 527 g/mol. The zero-order valence-electron chi connectivity index (χ0n) is 24.1. The Kier molecular flexibility index (Phi) is 22.4. The molecule has 1 rings (SSSR count).